The van der Waals surface area contributed by atoms with E-state index >= 15 is 0 Å². The van der Waals surface area contributed by atoms with E-state index in [1.165, 1.54) is 38.5 Å². The van der Waals surface area contributed by atoms with Gasteiger partial charge in [-0.05, 0) is 166 Å². The lowest BCUT2D eigenvalue weighted by Crippen LogP contribution is -2.27. The van der Waals surface area contributed by atoms with E-state index in [-0.39, 0.29) is 20.3 Å². The number of nitrogens with zero attached hydrogens (tertiary/aromatic N) is 2. The van der Waals surface area contributed by atoms with E-state index in [0.29, 0.717) is 8.42 Å². The Bertz CT molecular complexity index is 3020. The van der Waals surface area contributed by atoms with Gasteiger partial charge in [-0.3, -0.25) is 4.98 Å². The van der Waals surface area contributed by atoms with Gasteiger partial charge in [-0.1, -0.05) is 53.8 Å². The van der Waals surface area contributed by atoms with Gasteiger partial charge < -0.3 is 4.98 Å². The first-order chi connectivity index (χ1) is 28.7. The fraction of sp³-hybridized carbons (Fsp3) is 0.440. The van der Waals surface area contributed by atoms with Gasteiger partial charge in [0.05, 0.1) is 35.5 Å². The van der Waals surface area contributed by atoms with Crippen LogP contribution in [-0.2, 0) is 35.9 Å². The maximum absolute atomic E-state index is 12.3. The van der Waals surface area contributed by atoms with Crippen molar-refractivity contribution in [2.24, 2.45) is 5.41 Å². The van der Waals surface area contributed by atoms with E-state index in [1.54, 1.807) is 98.1 Å². The number of hydrogen-bond donors (Lipinski definition) is 1. The van der Waals surface area contributed by atoms with Crippen LogP contribution in [0.1, 0.15) is 125 Å². The molecule has 15 heteroatoms. The summed E-state index contributed by atoms with van der Waals surface area (Å²) in [4.78, 5) is 14.3. The predicted molar refractivity (Wildman–Crippen MR) is 284 cm³/mol. The highest BCUT2D eigenvalue weighted by Crippen LogP contribution is 2.36. The molecule has 0 fully saturated rings. The monoisotopic (exact) mass is 1000 g/mol. The van der Waals surface area contributed by atoms with E-state index in [9.17, 15) is 25.3 Å². The molecule has 0 unspecified atom stereocenters. The molecule has 65 heavy (non-hydrogen) atoms. The zero-order valence-electron chi connectivity index (χ0n) is 39.2. The molecule has 9 nitrogen and oxygen atoms in total. The average molecular weight is 1000 g/mol. The van der Waals surface area contributed by atoms with Crippen molar-refractivity contribution in [3.8, 4) is 0 Å². The number of imidazole rings is 1. The normalized spacial score (nSPS) is 12.7. The fourth-order valence-corrected chi connectivity index (χ4v) is 13.4. The Kier molecular flexibility index (Phi) is 19.0. The molecule has 7 aromatic rings. The summed E-state index contributed by atoms with van der Waals surface area (Å²) in [7, 11) is -9.65. The second kappa shape index (κ2) is 21.5. The van der Waals surface area contributed by atoms with Crippen molar-refractivity contribution in [1.82, 2.24) is 15.0 Å². The molecule has 0 aliphatic carbocycles. The lowest BCUT2D eigenvalue weighted by Gasteiger charge is -2.17. The highest BCUT2D eigenvalue weighted by Gasteiger charge is 2.33. The van der Waals surface area contributed by atoms with Gasteiger partial charge in [0.2, 0.25) is 0 Å². The van der Waals surface area contributed by atoms with Crippen LogP contribution in [0.3, 0.4) is 0 Å². The lowest BCUT2D eigenvalue weighted by molar-refractivity contribution is 0.402. The highest BCUT2D eigenvalue weighted by atomic mass is 32.2. The summed E-state index contributed by atoms with van der Waals surface area (Å²) in [6.07, 6.45) is 4.32. The SMILES string of the molecule is C.C.CC(C)(C)S(=O)(=O)c1cc2ncccc2s1.Cc1ccc(/C=C/S(=O)(=O)C(C)(C)C)s1.Cc1ccc2cc(S(=O)(=O)C(C)(C)C)sc2c1.Cc1ccc2nc(CC(C)(C)C)[nH]c2c1. The molecular formula is C50H71N3O6S6. The van der Waals surface area contributed by atoms with Crippen LogP contribution in [0, 0.1) is 26.2 Å². The molecule has 5 aromatic heterocycles. The number of H-pyrrole nitrogens is 1. The van der Waals surface area contributed by atoms with Crippen molar-refractivity contribution in [3.05, 3.63) is 111 Å². The van der Waals surface area contributed by atoms with Crippen LogP contribution in [0.5, 0.6) is 0 Å². The van der Waals surface area contributed by atoms with Crippen LogP contribution in [-0.4, -0.2) is 54.4 Å². The molecule has 0 aliphatic rings. The molecule has 0 aliphatic heterocycles. The van der Waals surface area contributed by atoms with Crippen LogP contribution in [0.2, 0.25) is 0 Å². The van der Waals surface area contributed by atoms with Crippen LogP contribution >= 0.6 is 34.0 Å². The number of pyridine rings is 1. The summed E-state index contributed by atoms with van der Waals surface area (Å²) in [6, 6.07) is 23.4. The summed E-state index contributed by atoms with van der Waals surface area (Å²) >= 11 is 4.23. The van der Waals surface area contributed by atoms with Gasteiger partial charge >= 0.3 is 0 Å². The molecule has 0 spiro atoms. The van der Waals surface area contributed by atoms with Crippen LogP contribution < -0.4 is 0 Å². The zero-order chi connectivity index (χ0) is 47.6. The van der Waals surface area contributed by atoms with Crippen LogP contribution in [0.4, 0.5) is 0 Å². The molecule has 5 heterocycles. The largest absolute Gasteiger partial charge is 0.342 e. The maximum Gasteiger partial charge on any atom is 0.192 e. The van der Waals surface area contributed by atoms with Crippen LogP contribution in [0.25, 0.3) is 37.4 Å². The molecule has 0 saturated heterocycles. The van der Waals surface area contributed by atoms with Gasteiger partial charge in [-0.2, -0.15) is 0 Å². The molecule has 2 aromatic carbocycles. The number of rotatable bonds is 5. The summed E-state index contributed by atoms with van der Waals surface area (Å²) in [5.74, 6) is 1.09. The first-order valence-electron chi connectivity index (χ1n) is 20.5. The number of aryl methyl sites for hydroxylation is 3. The number of thiophene rings is 3. The third kappa shape index (κ3) is 15.1. The summed E-state index contributed by atoms with van der Waals surface area (Å²) < 4.78 is 73.1. The molecule has 0 radical (unpaired) electrons. The number of fused-ring (bicyclic) bond motifs is 3. The van der Waals surface area contributed by atoms with Crippen molar-refractivity contribution in [2.45, 2.75) is 148 Å². The Balaban J connectivity index is 0.000000295. The third-order valence-electron chi connectivity index (χ3n) is 9.47. The Morgan fingerprint density at radius 2 is 1.15 bits per heavy atom. The Labute approximate surface area is 402 Å². The quantitative estimate of drug-likeness (QED) is 0.179. The standard InChI is InChI=1S/C13H18N2.C13H16O2S2.C11H13NO2S2.C11H16O2S2.2CH4/c1-9-5-6-10-11(7-9)15-12(14-10)8-13(2,3)4;1-9-5-6-10-8-12(16-11(10)7-9)17(14,15)13(2,3)4;1-11(2,3)16(13,14)10-7-8-9(15-10)5-4-6-12-8;1-9-5-6-10(14-9)7-8-15(12,13)11(2,3)4;;/h5-7H,8H2,1-4H3,(H,14,15);5-8H,1-4H3;4-7H,1-3H3;5-8H,1-4H3;2*1H4/b;;;8-7+;;. The van der Waals surface area contributed by atoms with Gasteiger partial charge in [0.1, 0.15) is 14.2 Å². The Hall–Kier alpha value is -3.73. The van der Waals surface area contributed by atoms with Crippen LogP contribution in [0.15, 0.2) is 92.8 Å². The maximum atomic E-state index is 12.3. The Morgan fingerprint density at radius 1 is 0.600 bits per heavy atom. The van der Waals surface area contributed by atoms with Gasteiger partial charge in [0, 0.05) is 32.5 Å². The molecule has 0 saturated carbocycles. The molecule has 7 rings (SSSR count). The minimum Gasteiger partial charge on any atom is -0.342 e. The van der Waals surface area contributed by atoms with Crippen molar-refractivity contribution >= 4 is 101 Å². The molecule has 1 N–H and O–H groups in total. The third-order valence-corrected chi connectivity index (χ3v) is 20.8. The van der Waals surface area contributed by atoms with E-state index < -0.39 is 43.8 Å². The number of hydrogen-bond acceptors (Lipinski definition) is 11. The molecular weight excluding hydrogens is 931 g/mol. The molecule has 0 atom stereocenters. The van der Waals surface area contributed by atoms with E-state index in [4.69, 9.17) is 0 Å². The first kappa shape index (κ1) is 57.4. The Morgan fingerprint density at radius 3 is 1.68 bits per heavy atom. The highest BCUT2D eigenvalue weighted by molar-refractivity contribution is 7.96. The van der Waals surface area contributed by atoms with E-state index in [2.05, 4.69) is 60.8 Å². The second-order valence-corrected chi connectivity index (χ2v) is 31.6. The summed E-state index contributed by atoms with van der Waals surface area (Å²) in [5, 5.41) is 2.31. The minimum absolute atomic E-state index is 0. The molecule has 0 amide bonds. The first-order valence-corrected chi connectivity index (χ1v) is 27.4. The van der Waals surface area contributed by atoms with Crippen molar-refractivity contribution in [2.75, 3.05) is 0 Å². The smallest absolute Gasteiger partial charge is 0.192 e. The predicted octanol–water partition coefficient (Wildman–Crippen LogP) is 14.6. The summed E-state index contributed by atoms with van der Waals surface area (Å²) in [6.45, 7) is 28.2. The zero-order valence-corrected chi connectivity index (χ0v) is 44.1. The number of nitrogens with one attached hydrogen (secondary N) is 1. The second-order valence-electron chi connectivity index (χ2n) is 19.6. The average Bonchev–Trinajstić information content (AvgIpc) is 3.95. The topological polar surface area (TPSA) is 144 Å². The molecule has 0 bridgehead atoms. The minimum atomic E-state index is -3.26. The van der Waals surface area contributed by atoms with Gasteiger partial charge in [0.25, 0.3) is 0 Å². The fourth-order valence-electron chi connectivity index (χ4n) is 5.50. The summed E-state index contributed by atoms with van der Waals surface area (Å²) in [5.41, 5.74) is 5.67. The lowest BCUT2D eigenvalue weighted by atomic mass is 9.92. The number of benzene rings is 2. The number of sulfone groups is 3. The van der Waals surface area contributed by atoms with Crippen molar-refractivity contribution in [1.29, 1.82) is 0 Å². The van der Waals surface area contributed by atoms with Crippen molar-refractivity contribution < 1.29 is 25.3 Å². The van der Waals surface area contributed by atoms with Crippen molar-refractivity contribution in [3.63, 3.8) is 0 Å². The van der Waals surface area contributed by atoms with Gasteiger partial charge in [-0.25, -0.2) is 30.2 Å². The molecule has 358 valence electrons. The van der Waals surface area contributed by atoms with E-state index in [0.717, 1.165) is 54.0 Å². The van der Waals surface area contributed by atoms with E-state index in [1.807, 2.05) is 56.3 Å². The van der Waals surface area contributed by atoms with Gasteiger partial charge in [0.15, 0.2) is 29.5 Å². The van der Waals surface area contributed by atoms with Gasteiger partial charge in [-0.15, -0.1) is 34.0 Å². The number of aromatic nitrogens is 3. The number of aromatic amines is 1.